The molecule has 0 radical (unpaired) electrons. The SMILES string of the molecule is CCc1nn(C)cc1C(=O)NOCC(C)C. The first kappa shape index (κ1) is 12.7. The zero-order chi connectivity index (χ0) is 12.1. The van der Waals surface area contributed by atoms with Gasteiger partial charge in [-0.25, -0.2) is 5.48 Å². The predicted octanol–water partition coefficient (Wildman–Crippen LogP) is 1.30. The highest BCUT2D eigenvalue weighted by Gasteiger charge is 2.14. The molecule has 1 N–H and O–H groups in total. The summed E-state index contributed by atoms with van der Waals surface area (Å²) in [5, 5.41) is 4.19. The molecule has 16 heavy (non-hydrogen) atoms. The van der Waals surface area contributed by atoms with Crippen LogP contribution in [0.3, 0.4) is 0 Å². The lowest BCUT2D eigenvalue weighted by Gasteiger charge is -2.07. The molecule has 0 saturated carbocycles. The lowest BCUT2D eigenvalue weighted by atomic mass is 10.2. The van der Waals surface area contributed by atoms with Crippen molar-refractivity contribution in [3.8, 4) is 0 Å². The average Bonchev–Trinajstić information content (AvgIpc) is 2.59. The van der Waals surface area contributed by atoms with Gasteiger partial charge in [0.05, 0.1) is 17.9 Å². The third-order valence-electron chi connectivity index (χ3n) is 2.07. The van der Waals surface area contributed by atoms with Crippen molar-refractivity contribution in [3.05, 3.63) is 17.5 Å². The quantitative estimate of drug-likeness (QED) is 0.768. The van der Waals surface area contributed by atoms with Gasteiger partial charge in [0, 0.05) is 13.2 Å². The van der Waals surface area contributed by atoms with Crippen molar-refractivity contribution in [1.82, 2.24) is 15.3 Å². The molecule has 0 atom stereocenters. The van der Waals surface area contributed by atoms with Crippen molar-refractivity contribution in [2.45, 2.75) is 27.2 Å². The monoisotopic (exact) mass is 225 g/mol. The summed E-state index contributed by atoms with van der Waals surface area (Å²) < 4.78 is 1.64. The van der Waals surface area contributed by atoms with Crippen molar-refractivity contribution in [2.24, 2.45) is 13.0 Å². The molecule has 1 amide bonds. The molecule has 0 aliphatic heterocycles. The number of hydrogen-bond acceptors (Lipinski definition) is 3. The van der Waals surface area contributed by atoms with Crippen LogP contribution in [0, 0.1) is 5.92 Å². The number of aromatic nitrogens is 2. The molecule has 0 fully saturated rings. The molecular formula is C11H19N3O2. The Hall–Kier alpha value is -1.36. The number of amides is 1. The molecule has 0 bridgehead atoms. The molecule has 0 unspecified atom stereocenters. The number of nitrogens with one attached hydrogen (secondary N) is 1. The molecular weight excluding hydrogens is 206 g/mol. The highest BCUT2D eigenvalue weighted by atomic mass is 16.6. The van der Waals surface area contributed by atoms with Crippen LogP contribution in [0.15, 0.2) is 6.20 Å². The van der Waals surface area contributed by atoms with Crippen LogP contribution in [0.2, 0.25) is 0 Å². The molecule has 0 aliphatic rings. The number of rotatable bonds is 5. The molecule has 1 aromatic rings. The first-order valence-corrected chi connectivity index (χ1v) is 5.49. The molecule has 1 aromatic heterocycles. The van der Waals surface area contributed by atoms with Crippen molar-refractivity contribution in [3.63, 3.8) is 0 Å². The number of carbonyl (C=O) groups excluding carboxylic acids is 1. The van der Waals surface area contributed by atoms with Crippen molar-refractivity contribution < 1.29 is 9.63 Å². The number of carbonyl (C=O) groups is 1. The van der Waals surface area contributed by atoms with Gasteiger partial charge in [-0.3, -0.25) is 14.3 Å². The van der Waals surface area contributed by atoms with Crippen LogP contribution in [0.4, 0.5) is 0 Å². The minimum absolute atomic E-state index is 0.231. The van der Waals surface area contributed by atoms with Crippen molar-refractivity contribution >= 4 is 5.91 Å². The minimum Gasteiger partial charge on any atom is -0.275 e. The highest BCUT2D eigenvalue weighted by molar-refractivity contribution is 5.94. The summed E-state index contributed by atoms with van der Waals surface area (Å²) in [7, 11) is 1.80. The fourth-order valence-electron chi connectivity index (χ4n) is 1.31. The molecule has 0 spiro atoms. The largest absolute Gasteiger partial charge is 0.278 e. The van der Waals surface area contributed by atoms with E-state index >= 15 is 0 Å². The van der Waals surface area contributed by atoms with Crippen LogP contribution in [-0.2, 0) is 18.3 Å². The lowest BCUT2D eigenvalue weighted by Crippen LogP contribution is -2.26. The van der Waals surface area contributed by atoms with E-state index in [1.165, 1.54) is 0 Å². The maximum atomic E-state index is 11.7. The Labute approximate surface area is 95.7 Å². The molecule has 5 heteroatoms. The predicted molar refractivity (Wildman–Crippen MR) is 60.8 cm³/mol. The smallest absolute Gasteiger partial charge is 0.275 e. The summed E-state index contributed by atoms with van der Waals surface area (Å²) in [6, 6.07) is 0. The average molecular weight is 225 g/mol. The van der Waals surface area contributed by atoms with E-state index < -0.39 is 0 Å². The first-order valence-electron chi connectivity index (χ1n) is 5.49. The second-order valence-electron chi connectivity index (χ2n) is 4.15. The third-order valence-corrected chi connectivity index (χ3v) is 2.07. The maximum absolute atomic E-state index is 11.7. The van der Waals surface area contributed by atoms with Gasteiger partial charge in [0.25, 0.3) is 5.91 Å². The molecule has 5 nitrogen and oxygen atoms in total. The highest BCUT2D eigenvalue weighted by Crippen LogP contribution is 2.06. The van der Waals surface area contributed by atoms with Gasteiger partial charge in [-0.1, -0.05) is 20.8 Å². The topological polar surface area (TPSA) is 56.2 Å². The van der Waals surface area contributed by atoms with Crippen molar-refractivity contribution in [1.29, 1.82) is 0 Å². The van der Waals surface area contributed by atoms with E-state index in [0.717, 1.165) is 12.1 Å². The first-order chi connectivity index (χ1) is 7.54. The summed E-state index contributed by atoms with van der Waals surface area (Å²) in [5.41, 5.74) is 3.79. The van der Waals surface area contributed by atoms with Gasteiger partial charge in [-0.15, -0.1) is 0 Å². The summed E-state index contributed by atoms with van der Waals surface area (Å²) in [6.45, 7) is 6.52. The minimum atomic E-state index is -0.231. The van der Waals surface area contributed by atoms with Gasteiger partial charge < -0.3 is 0 Å². The van der Waals surface area contributed by atoms with Crippen LogP contribution in [0.25, 0.3) is 0 Å². The van der Waals surface area contributed by atoms with E-state index in [1.807, 2.05) is 20.8 Å². The van der Waals surface area contributed by atoms with Crippen LogP contribution < -0.4 is 5.48 Å². The Morgan fingerprint density at radius 1 is 1.62 bits per heavy atom. The fourth-order valence-corrected chi connectivity index (χ4v) is 1.31. The molecule has 1 heterocycles. The Morgan fingerprint density at radius 3 is 2.88 bits per heavy atom. The maximum Gasteiger partial charge on any atom is 0.278 e. The van der Waals surface area contributed by atoms with E-state index in [9.17, 15) is 4.79 Å². The second-order valence-corrected chi connectivity index (χ2v) is 4.15. The molecule has 0 saturated heterocycles. The van der Waals surface area contributed by atoms with E-state index in [1.54, 1.807) is 17.9 Å². The number of hydroxylamine groups is 1. The van der Waals surface area contributed by atoms with Gasteiger partial charge in [-0.05, 0) is 12.3 Å². The normalized spacial score (nSPS) is 10.8. The van der Waals surface area contributed by atoms with Crippen molar-refractivity contribution in [2.75, 3.05) is 6.61 Å². The summed E-state index contributed by atoms with van der Waals surface area (Å²) in [5.74, 6) is 0.158. The summed E-state index contributed by atoms with van der Waals surface area (Å²) >= 11 is 0. The van der Waals surface area contributed by atoms with E-state index in [0.29, 0.717) is 18.1 Å². The van der Waals surface area contributed by atoms with Gasteiger partial charge in [0.2, 0.25) is 0 Å². The Morgan fingerprint density at radius 2 is 2.31 bits per heavy atom. The fraction of sp³-hybridized carbons (Fsp3) is 0.636. The van der Waals surface area contributed by atoms with Crippen LogP contribution in [0.5, 0.6) is 0 Å². The number of aryl methyl sites for hydroxylation is 2. The van der Waals surface area contributed by atoms with Crippen LogP contribution in [-0.4, -0.2) is 22.3 Å². The Kier molecular flexibility index (Phi) is 4.49. The number of nitrogens with zero attached hydrogens (tertiary/aromatic N) is 2. The van der Waals surface area contributed by atoms with Gasteiger partial charge in [0.15, 0.2) is 0 Å². The zero-order valence-electron chi connectivity index (χ0n) is 10.3. The lowest BCUT2D eigenvalue weighted by molar-refractivity contribution is 0.0208. The van der Waals surface area contributed by atoms with Gasteiger partial charge in [0.1, 0.15) is 0 Å². The third kappa shape index (κ3) is 3.34. The van der Waals surface area contributed by atoms with Crippen LogP contribution in [0.1, 0.15) is 36.8 Å². The molecule has 1 rings (SSSR count). The molecule has 0 aromatic carbocycles. The van der Waals surface area contributed by atoms with E-state index in [-0.39, 0.29) is 5.91 Å². The van der Waals surface area contributed by atoms with E-state index in [2.05, 4.69) is 10.6 Å². The van der Waals surface area contributed by atoms with Gasteiger partial charge in [-0.2, -0.15) is 5.10 Å². The van der Waals surface area contributed by atoms with E-state index in [4.69, 9.17) is 4.84 Å². The molecule has 0 aliphatic carbocycles. The number of hydrogen-bond donors (Lipinski definition) is 1. The molecule has 90 valence electrons. The second kappa shape index (κ2) is 5.65. The summed E-state index contributed by atoms with van der Waals surface area (Å²) in [6.07, 6.45) is 2.43. The van der Waals surface area contributed by atoms with Gasteiger partial charge >= 0.3 is 0 Å². The Balaban J connectivity index is 2.58. The van der Waals surface area contributed by atoms with Crippen LogP contribution >= 0.6 is 0 Å². The zero-order valence-corrected chi connectivity index (χ0v) is 10.3. The summed E-state index contributed by atoms with van der Waals surface area (Å²) in [4.78, 5) is 16.8. The standard InChI is InChI=1S/C11H19N3O2/c1-5-10-9(6-14(4)12-10)11(15)13-16-7-8(2)3/h6,8H,5,7H2,1-4H3,(H,13,15). The Bertz CT molecular complexity index is 358.